The fourth-order valence-electron chi connectivity index (χ4n) is 3.70. The summed E-state index contributed by atoms with van der Waals surface area (Å²) in [4.78, 5) is 26.5. The van der Waals surface area contributed by atoms with Crippen LogP contribution in [0.3, 0.4) is 0 Å². The number of ether oxygens (including phenoxy) is 1. The van der Waals surface area contributed by atoms with Crippen LogP contribution < -0.4 is 0 Å². The quantitative estimate of drug-likeness (QED) is 0.737. The Bertz CT molecular complexity index is 877. The molecule has 2 N–H and O–H groups in total. The standard InChI is InChI=1S/C18H20BrN3O4/c1-26-15(23)6-11-4-10-5-14(19)16-12(7-20-21-16)13(10)8-22(18(11)25)17(24)9-2-3-9/h5,7,9,11,17,24H,2-4,6,8H2,1H3,(H,20,21)/t11-,17?/m0/s1. The van der Waals surface area contributed by atoms with Crippen molar-refractivity contribution in [1.29, 1.82) is 0 Å². The van der Waals surface area contributed by atoms with Crippen LogP contribution in [0.1, 0.15) is 30.4 Å². The lowest BCUT2D eigenvalue weighted by atomic mass is 9.93. The van der Waals surface area contributed by atoms with Gasteiger partial charge >= 0.3 is 5.97 Å². The van der Waals surface area contributed by atoms with E-state index in [4.69, 9.17) is 4.74 Å². The van der Waals surface area contributed by atoms with Crippen molar-refractivity contribution in [3.05, 3.63) is 27.9 Å². The van der Waals surface area contributed by atoms with Crippen LogP contribution in [0, 0.1) is 11.8 Å². The first-order valence-corrected chi connectivity index (χ1v) is 9.47. The highest BCUT2D eigenvalue weighted by Crippen LogP contribution is 2.39. The minimum Gasteiger partial charge on any atom is -0.469 e. The lowest BCUT2D eigenvalue weighted by Crippen LogP contribution is -2.43. The van der Waals surface area contributed by atoms with Gasteiger partial charge in [-0.2, -0.15) is 5.10 Å². The lowest BCUT2D eigenvalue weighted by molar-refractivity contribution is -0.153. The van der Waals surface area contributed by atoms with Gasteiger partial charge in [-0.1, -0.05) is 0 Å². The molecule has 0 bridgehead atoms. The summed E-state index contributed by atoms with van der Waals surface area (Å²) < 4.78 is 5.64. The van der Waals surface area contributed by atoms with Crippen LogP contribution in [0.15, 0.2) is 16.7 Å². The summed E-state index contributed by atoms with van der Waals surface area (Å²) in [5.41, 5.74) is 2.82. The molecule has 8 heteroatoms. The topological polar surface area (TPSA) is 95.5 Å². The number of halogens is 1. The van der Waals surface area contributed by atoms with E-state index >= 15 is 0 Å². The third-order valence-corrected chi connectivity index (χ3v) is 5.95. The van der Waals surface area contributed by atoms with Gasteiger partial charge < -0.3 is 14.7 Å². The Morgan fingerprint density at radius 2 is 2.31 bits per heavy atom. The second-order valence-corrected chi connectivity index (χ2v) is 7.91. The number of nitrogens with zero attached hydrogens (tertiary/aromatic N) is 2. The van der Waals surface area contributed by atoms with Gasteiger partial charge in [-0.15, -0.1) is 0 Å². The minimum atomic E-state index is -0.820. The summed E-state index contributed by atoms with van der Waals surface area (Å²) >= 11 is 3.55. The molecule has 2 aromatic rings. The van der Waals surface area contributed by atoms with Crippen LogP contribution in [0.4, 0.5) is 0 Å². The van der Waals surface area contributed by atoms with E-state index in [9.17, 15) is 14.7 Å². The highest BCUT2D eigenvalue weighted by Gasteiger charge is 2.41. The molecule has 0 radical (unpaired) electrons. The van der Waals surface area contributed by atoms with Gasteiger partial charge in [-0.05, 0) is 52.4 Å². The number of carbonyl (C=O) groups excluding carboxylic acids is 2. The Morgan fingerprint density at radius 3 is 3.00 bits per heavy atom. The number of H-pyrrole nitrogens is 1. The Morgan fingerprint density at radius 1 is 1.54 bits per heavy atom. The zero-order chi connectivity index (χ0) is 18.4. The van der Waals surface area contributed by atoms with Crippen molar-refractivity contribution >= 4 is 38.7 Å². The number of benzene rings is 1. The largest absolute Gasteiger partial charge is 0.469 e. The van der Waals surface area contributed by atoms with E-state index in [1.54, 1.807) is 6.20 Å². The fraction of sp³-hybridized carbons (Fsp3) is 0.500. The molecule has 1 aromatic carbocycles. The molecule has 1 fully saturated rings. The number of aromatic nitrogens is 2. The summed E-state index contributed by atoms with van der Waals surface area (Å²) in [6.45, 7) is 0.312. The predicted molar refractivity (Wildman–Crippen MR) is 96.9 cm³/mol. The van der Waals surface area contributed by atoms with Gasteiger partial charge in [0.2, 0.25) is 5.91 Å². The molecule has 0 saturated heterocycles. The average molecular weight is 422 g/mol. The number of amides is 1. The summed E-state index contributed by atoms with van der Waals surface area (Å²) in [7, 11) is 1.32. The first-order chi connectivity index (χ1) is 12.5. The van der Waals surface area contributed by atoms with Crippen LogP contribution in [0.25, 0.3) is 10.9 Å². The number of rotatable bonds is 4. The van der Waals surface area contributed by atoms with E-state index in [1.165, 1.54) is 12.0 Å². The molecule has 1 saturated carbocycles. The summed E-state index contributed by atoms with van der Waals surface area (Å²) in [6, 6.07) is 1.97. The van der Waals surface area contributed by atoms with Crippen LogP contribution in [-0.4, -0.2) is 45.4 Å². The molecule has 2 heterocycles. The van der Waals surface area contributed by atoms with E-state index in [2.05, 4.69) is 26.1 Å². The number of aliphatic hydroxyl groups excluding tert-OH is 1. The van der Waals surface area contributed by atoms with Crippen LogP contribution in [0.2, 0.25) is 0 Å². The number of hydrogen-bond acceptors (Lipinski definition) is 5. The van der Waals surface area contributed by atoms with Gasteiger partial charge in [-0.25, -0.2) is 0 Å². The molecule has 2 atom stereocenters. The Balaban J connectivity index is 1.79. The smallest absolute Gasteiger partial charge is 0.306 e. The van der Waals surface area contributed by atoms with Crippen LogP contribution in [0.5, 0.6) is 0 Å². The predicted octanol–water partition coefficient (Wildman–Crippen LogP) is 2.12. The number of aromatic amines is 1. The number of methoxy groups -OCH3 is 1. The minimum absolute atomic E-state index is 0.00367. The molecule has 26 heavy (non-hydrogen) atoms. The highest BCUT2D eigenvalue weighted by molar-refractivity contribution is 9.10. The molecule has 1 aromatic heterocycles. The molecule has 1 unspecified atom stereocenters. The number of aliphatic hydroxyl groups is 1. The normalized spacial score (nSPS) is 21.4. The van der Waals surface area contributed by atoms with Crippen molar-refractivity contribution in [3.8, 4) is 0 Å². The monoisotopic (exact) mass is 421 g/mol. The molecule has 1 aliphatic heterocycles. The second kappa shape index (κ2) is 6.66. The molecule has 2 aliphatic rings. The van der Waals surface area contributed by atoms with E-state index in [0.29, 0.717) is 13.0 Å². The summed E-state index contributed by atoms with van der Waals surface area (Å²) in [6.07, 6.45) is 3.19. The van der Waals surface area contributed by atoms with Crippen molar-refractivity contribution in [3.63, 3.8) is 0 Å². The van der Waals surface area contributed by atoms with Crippen LogP contribution in [-0.2, 0) is 27.3 Å². The first-order valence-electron chi connectivity index (χ1n) is 8.68. The average Bonchev–Trinajstić information content (AvgIpc) is 3.38. The Labute approximate surface area is 158 Å². The van der Waals surface area contributed by atoms with Crippen molar-refractivity contribution in [1.82, 2.24) is 15.1 Å². The SMILES string of the molecule is COC(=O)C[C@@H]1Cc2cc(Br)c3[nH]ncc3c2CN(C(O)C2CC2)C1=O. The van der Waals surface area contributed by atoms with Gasteiger partial charge in [0, 0.05) is 22.3 Å². The van der Waals surface area contributed by atoms with Gasteiger partial charge in [0.25, 0.3) is 0 Å². The number of fused-ring (bicyclic) bond motifs is 3. The summed E-state index contributed by atoms with van der Waals surface area (Å²) in [5, 5.41) is 18.7. The van der Waals surface area contributed by atoms with Crippen molar-refractivity contribution in [2.45, 2.75) is 38.5 Å². The Hall–Kier alpha value is -1.93. The van der Waals surface area contributed by atoms with Gasteiger partial charge in [0.1, 0.15) is 6.23 Å². The molecule has 1 aliphatic carbocycles. The lowest BCUT2D eigenvalue weighted by Gasteiger charge is -2.29. The molecule has 138 valence electrons. The van der Waals surface area contributed by atoms with Crippen molar-refractivity contribution in [2.75, 3.05) is 7.11 Å². The van der Waals surface area contributed by atoms with Crippen LogP contribution >= 0.6 is 15.9 Å². The first kappa shape index (κ1) is 17.5. The number of carbonyl (C=O) groups is 2. The number of nitrogens with one attached hydrogen (secondary N) is 1. The maximum absolute atomic E-state index is 13.1. The maximum Gasteiger partial charge on any atom is 0.306 e. The van der Waals surface area contributed by atoms with Gasteiger partial charge in [0.15, 0.2) is 0 Å². The zero-order valence-electron chi connectivity index (χ0n) is 14.4. The van der Waals surface area contributed by atoms with Gasteiger partial charge in [0.05, 0.1) is 31.2 Å². The van der Waals surface area contributed by atoms with E-state index < -0.39 is 18.1 Å². The van der Waals surface area contributed by atoms with E-state index in [1.807, 2.05) is 6.07 Å². The molecule has 1 amide bonds. The second-order valence-electron chi connectivity index (χ2n) is 7.05. The van der Waals surface area contributed by atoms with E-state index in [-0.39, 0.29) is 18.2 Å². The van der Waals surface area contributed by atoms with Crippen molar-refractivity contribution < 1.29 is 19.4 Å². The van der Waals surface area contributed by atoms with E-state index in [0.717, 1.165) is 39.3 Å². The molecule has 4 rings (SSSR count). The highest BCUT2D eigenvalue weighted by atomic mass is 79.9. The molecule has 7 nitrogen and oxygen atoms in total. The molecular weight excluding hydrogens is 402 g/mol. The molecular formula is C18H20BrN3O4. The number of esters is 1. The third kappa shape index (κ3) is 3.01. The third-order valence-electron chi connectivity index (χ3n) is 5.32. The van der Waals surface area contributed by atoms with Crippen molar-refractivity contribution in [2.24, 2.45) is 11.8 Å². The zero-order valence-corrected chi connectivity index (χ0v) is 16.0. The summed E-state index contributed by atoms with van der Waals surface area (Å²) in [5.74, 6) is -1.04. The van der Waals surface area contributed by atoms with Gasteiger partial charge in [-0.3, -0.25) is 14.7 Å². The molecule has 0 spiro atoms. The number of hydrogen-bond donors (Lipinski definition) is 2. The Kier molecular flexibility index (Phi) is 4.48. The fourth-order valence-corrected chi connectivity index (χ4v) is 4.28. The maximum atomic E-state index is 13.1.